The van der Waals surface area contributed by atoms with Gasteiger partial charge in [0.2, 0.25) is 0 Å². The van der Waals surface area contributed by atoms with Gasteiger partial charge in [0.15, 0.2) is 0 Å². The first-order valence-electron chi connectivity index (χ1n) is 5.93. The van der Waals surface area contributed by atoms with Crippen molar-refractivity contribution in [2.24, 2.45) is 5.73 Å². The summed E-state index contributed by atoms with van der Waals surface area (Å²) < 4.78 is 0. The highest BCUT2D eigenvalue weighted by atomic mass is 16.4. The lowest BCUT2D eigenvalue weighted by atomic mass is 9.98. The molecule has 0 amide bonds. The fourth-order valence-corrected chi connectivity index (χ4v) is 2.39. The Morgan fingerprint density at radius 1 is 1.41 bits per heavy atom. The lowest BCUT2D eigenvalue weighted by Gasteiger charge is -2.34. The average Bonchev–Trinajstić information content (AvgIpc) is 2.35. The van der Waals surface area contributed by atoms with Crippen LogP contribution in [0.15, 0.2) is 24.3 Å². The zero-order chi connectivity index (χ0) is 12.3. The van der Waals surface area contributed by atoms with Gasteiger partial charge in [0.25, 0.3) is 0 Å². The predicted molar refractivity (Wildman–Crippen MR) is 65.7 cm³/mol. The molecule has 1 aliphatic rings. The largest absolute Gasteiger partial charge is 0.481 e. The molecule has 0 aromatic heterocycles. The number of nitrogens with zero attached hydrogens (tertiary/aromatic N) is 1. The number of hydrogen-bond acceptors (Lipinski definition) is 3. The highest BCUT2D eigenvalue weighted by Gasteiger charge is 2.23. The van der Waals surface area contributed by atoms with Gasteiger partial charge < -0.3 is 10.8 Å². The van der Waals surface area contributed by atoms with Crippen LogP contribution in [0.4, 0.5) is 0 Å². The first kappa shape index (κ1) is 12.1. The van der Waals surface area contributed by atoms with Crippen molar-refractivity contribution < 1.29 is 9.90 Å². The van der Waals surface area contributed by atoms with Gasteiger partial charge in [-0.1, -0.05) is 24.3 Å². The molecule has 1 aliphatic heterocycles. The minimum absolute atomic E-state index is 0.0548. The summed E-state index contributed by atoms with van der Waals surface area (Å²) >= 11 is 0. The van der Waals surface area contributed by atoms with Crippen molar-refractivity contribution in [2.75, 3.05) is 13.1 Å². The zero-order valence-corrected chi connectivity index (χ0v) is 9.80. The monoisotopic (exact) mass is 234 g/mol. The van der Waals surface area contributed by atoms with Crippen molar-refractivity contribution >= 4 is 5.97 Å². The number of fused-ring (bicyclic) bond motifs is 1. The van der Waals surface area contributed by atoms with Crippen LogP contribution in [-0.2, 0) is 17.8 Å². The number of nitrogens with two attached hydrogens (primary N) is 1. The molecule has 1 aromatic carbocycles. The second-order valence-corrected chi connectivity index (χ2v) is 4.48. The summed E-state index contributed by atoms with van der Waals surface area (Å²) in [6.07, 6.45) is 1.10. The smallest absolute Gasteiger partial charge is 0.304 e. The Hall–Kier alpha value is -1.39. The molecule has 1 unspecified atom stereocenters. The van der Waals surface area contributed by atoms with Crippen LogP contribution in [0.3, 0.4) is 0 Å². The van der Waals surface area contributed by atoms with E-state index < -0.39 is 5.97 Å². The van der Waals surface area contributed by atoms with Crippen molar-refractivity contribution in [1.82, 2.24) is 4.90 Å². The van der Waals surface area contributed by atoms with E-state index in [0.29, 0.717) is 6.54 Å². The minimum atomic E-state index is -0.778. The Labute approximate surface area is 101 Å². The number of aliphatic carboxylic acids is 1. The first-order valence-corrected chi connectivity index (χ1v) is 5.93. The van der Waals surface area contributed by atoms with Crippen LogP contribution in [-0.4, -0.2) is 35.1 Å². The van der Waals surface area contributed by atoms with Gasteiger partial charge in [-0.2, -0.15) is 0 Å². The molecule has 2 rings (SSSR count). The van der Waals surface area contributed by atoms with Crippen LogP contribution < -0.4 is 5.73 Å². The van der Waals surface area contributed by atoms with Crippen molar-refractivity contribution in [3.8, 4) is 0 Å². The molecule has 4 heteroatoms. The summed E-state index contributed by atoms with van der Waals surface area (Å²) in [7, 11) is 0. The molecule has 92 valence electrons. The van der Waals surface area contributed by atoms with Gasteiger partial charge in [0.1, 0.15) is 0 Å². The Balaban J connectivity index is 2.08. The van der Waals surface area contributed by atoms with Crippen LogP contribution in [0, 0.1) is 0 Å². The van der Waals surface area contributed by atoms with Crippen LogP contribution in [0.25, 0.3) is 0 Å². The lowest BCUT2D eigenvalue weighted by molar-refractivity contribution is -0.138. The Kier molecular flexibility index (Phi) is 3.76. The van der Waals surface area contributed by atoms with E-state index in [-0.39, 0.29) is 12.5 Å². The van der Waals surface area contributed by atoms with Gasteiger partial charge in [-0.15, -0.1) is 0 Å². The standard InChI is InChI=1S/C13H18N2O2/c14-8-12(7-13(16)17)15-6-5-10-3-1-2-4-11(10)9-15/h1-4,12H,5-9,14H2,(H,16,17). The summed E-state index contributed by atoms with van der Waals surface area (Å²) in [5.41, 5.74) is 8.33. The minimum Gasteiger partial charge on any atom is -0.481 e. The molecule has 4 nitrogen and oxygen atoms in total. The Bertz CT molecular complexity index is 406. The van der Waals surface area contributed by atoms with E-state index in [0.717, 1.165) is 19.5 Å². The van der Waals surface area contributed by atoms with Gasteiger partial charge in [-0.05, 0) is 17.5 Å². The van der Waals surface area contributed by atoms with Gasteiger partial charge >= 0.3 is 5.97 Å². The summed E-state index contributed by atoms with van der Waals surface area (Å²) in [4.78, 5) is 13.0. The number of benzene rings is 1. The highest BCUT2D eigenvalue weighted by molar-refractivity contribution is 5.67. The van der Waals surface area contributed by atoms with Crippen molar-refractivity contribution in [3.63, 3.8) is 0 Å². The number of hydrogen-bond donors (Lipinski definition) is 2. The van der Waals surface area contributed by atoms with Crippen molar-refractivity contribution in [3.05, 3.63) is 35.4 Å². The number of rotatable bonds is 4. The van der Waals surface area contributed by atoms with Crippen molar-refractivity contribution in [1.29, 1.82) is 0 Å². The SMILES string of the molecule is NCC(CC(=O)O)N1CCc2ccccc2C1. The molecule has 0 spiro atoms. The third-order valence-corrected chi connectivity index (χ3v) is 3.36. The van der Waals surface area contributed by atoms with E-state index in [1.165, 1.54) is 11.1 Å². The molecule has 17 heavy (non-hydrogen) atoms. The Morgan fingerprint density at radius 2 is 2.12 bits per heavy atom. The van der Waals surface area contributed by atoms with Gasteiger partial charge in [-0.3, -0.25) is 9.69 Å². The van der Waals surface area contributed by atoms with E-state index >= 15 is 0 Å². The lowest BCUT2D eigenvalue weighted by Crippen LogP contribution is -2.44. The van der Waals surface area contributed by atoms with Crippen LogP contribution in [0.2, 0.25) is 0 Å². The van der Waals surface area contributed by atoms with Gasteiger partial charge in [0.05, 0.1) is 6.42 Å². The average molecular weight is 234 g/mol. The second kappa shape index (κ2) is 5.29. The fourth-order valence-electron chi connectivity index (χ4n) is 2.39. The van der Waals surface area contributed by atoms with Gasteiger partial charge in [0, 0.05) is 25.7 Å². The molecule has 1 atom stereocenters. The topological polar surface area (TPSA) is 66.6 Å². The molecule has 0 bridgehead atoms. The second-order valence-electron chi connectivity index (χ2n) is 4.48. The number of carbonyl (C=O) groups is 1. The molecule has 3 N–H and O–H groups in total. The van der Waals surface area contributed by atoms with E-state index in [1.54, 1.807) is 0 Å². The maximum Gasteiger partial charge on any atom is 0.304 e. The van der Waals surface area contributed by atoms with Crippen molar-refractivity contribution in [2.45, 2.75) is 25.4 Å². The van der Waals surface area contributed by atoms with E-state index in [2.05, 4.69) is 17.0 Å². The molecule has 0 aliphatic carbocycles. The molecule has 1 aromatic rings. The van der Waals surface area contributed by atoms with Crippen LogP contribution >= 0.6 is 0 Å². The molecular formula is C13H18N2O2. The normalized spacial score (nSPS) is 17.5. The van der Waals surface area contributed by atoms with Crippen LogP contribution in [0.1, 0.15) is 17.5 Å². The Morgan fingerprint density at radius 3 is 2.76 bits per heavy atom. The molecule has 0 fully saturated rings. The number of carboxylic acids is 1. The zero-order valence-electron chi connectivity index (χ0n) is 9.80. The molecule has 0 saturated carbocycles. The summed E-state index contributed by atoms with van der Waals surface area (Å²) in [5.74, 6) is -0.778. The molecule has 1 heterocycles. The maximum absolute atomic E-state index is 10.8. The third-order valence-electron chi connectivity index (χ3n) is 3.36. The van der Waals surface area contributed by atoms with Gasteiger partial charge in [-0.25, -0.2) is 0 Å². The highest BCUT2D eigenvalue weighted by Crippen LogP contribution is 2.20. The van der Waals surface area contributed by atoms with E-state index in [1.807, 2.05) is 12.1 Å². The quantitative estimate of drug-likeness (QED) is 0.810. The van der Waals surface area contributed by atoms with E-state index in [4.69, 9.17) is 10.8 Å². The molecule has 0 radical (unpaired) electrons. The first-order chi connectivity index (χ1) is 8.20. The molecular weight excluding hydrogens is 216 g/mol. The fraction of sp³-hybridized carbons (Fsp3) is 0.462. The third kappa shape index (κ3) is 2.84. The number of carboxylic acid groups (broad SMARTS) is 1. The summed E-state index contributed by atoms with van der Waals surface area (Å²) in [6.45, 7) is 2.10. The molecule has 0 saturated heterocycles. The summed E-state index contributed by atoms with van der Waals surface area (Å²) in [6, 6.07) is 8.26. The predicted octanol–water partition coefficient (Wildman–Crippen LogP) is 0.847. The van der Waals surface area contributed by atoms with E-state index in [9.17, 15) is 4.79 Å². The summed E-state index contributed by atoms with van der Waals surface area (Å²) in [5, 5.41) is 8.86. The maximum atomic E-state index is 10.8. The van der Waals surface area contributed by atoms with Crippen LogP contribution in [0.5, 0.6) is 0 Å².